The van der Waals surface area contributed by atoms with Gasteiger partial charge < -0.3 is 15.2 Å². The van der Waals surface area contributed by atoms with Crippen molar-refractivity contribution in [3.05, 3.63) is 35.3 Å². The van der Waals surface area contributed by atoms with Crippen LogP contribution in [0.4, 0.5) is 0 Å². The topological polar surface area (TPSA) is 119 Å². The van der Waals surface area contributed by atoms with Crippen molar-refractivity contribution in [3.63, 3.8) is 0 Å². The average molecular weight is 305 g/mol. The van der Waals surface area contributed by atoms with Crippen LogP contribution in [-0.4, -0.2) is 44.1 Å². The number of methoxy groups -OCH3 is 1. The van der Waals surface area contributed by atoms with Crippen molar-refractivity contribution < 1.29 is 19.4 Å². The summed E-state index contributed by atoms with van der Waals surface area (Å²) in [5.41, 5.74) is 1.50. The molecule has 0 radical (unpaired) electrons. The highest BCUT2D eigenvalue weighted by molar-refractivity contribution is 5.96. The number of hydrogen-bond acceptors (Lipinski definition) is 6. The van der Waals surface area contributed by atoms with E-state index >= 15 is 0 Å². The van der Waals surface area contributed by atoms with Crippen LogP contribution in [0.3, 0.4) is 0 Å². The molecule has 0 aromatic carbocycles. The first-order chi connectivity index (χ1) is 10.5. The number of nitrogens with one attached hydrogen (secondary N) is 1. The quantitative estimate of drug-likeness (QED) is 0.771. The number of carboxylic acids is 1. The predicted octanol–water partition coefficient (Wildman–Crippen LogP) is 0.00472. The number of carboxylic acid groups (broad SMARTS) is 1. The van der Waals surface area contributed by atoms with Gasteiger partial charge in [0.05, 0.1) is 19.9 Å². The molecule has 0 aliphatic rings. The Hall–Kier alpha value is -2.97. The molecule has 116 valence electrons. The molecular weight excluding hydrogens is 290 g/mol. The van der Waals surface area contributed by atoms with E-state index < -0.39 is 5.97 Å². The van der Waals surface area contributed by atoms with Gasteiger partial charge in [-0.3, -0.25) is 9.59 Å². The van der Waals surface area contributed by atoms with Crippen LogP contribution in [0, 0.1) is 6.92 Å². The van der Waals surface area contributed by atoms with Gasteiger partial charge in [-0.05, 0) is 19.1 Å². The number of carbonyl (C=O) groups is 2. The zero-order valence-corrected chi connectivity index (χ0v) is 12.1. The van der Waals surface area contributed by atoms with Crippen molar-refractivity contribution in [2.75, 3.05) is 7.11 Å². The smallest absolute Gasteiger partial charge is 0.325 e. The van der Waals surface area contributed by atoms with Gasteiger partial charge in [-0.15, -0.1) is 5.10 Å². The molecule has 0 saturated carbocycles. The zero-order valence-electron chi connectivity index (χ0n) is 12.1. The van der Waals surface area contributed by atoms with Gasteiger partial charge in [0.15, 0.2) is 0 Å². The summed E-state index contributed by atoms with van der Waals surface area (Å²) in [6.45, 7) is 1.64. The van der Waals surface area contributed by atoms with Gasteiger partial charge in [-0.2, -0.15) is 0 Å². The summed E-state index contributed by atoms with van der Waals surface area (Å²) >= 11 is 0. The van der Waals surface area contributed by atoms with Gasteiger partial charge >= 0.3 is 5.97 Å². The molecule has 0 aliphatic carbocycles. The van der Waals surface area contributed by atoms with Crippen molar-refractivity contribution in [2.24, 2.45) is 0 Å². The third-order valence-corrected chi connectivity index (χ3v) is 2.75. The predicted molar refractivity (Wildman–Crippen MR) is 74.4 cm³/mol. The van der Waals surface area contributed by atoms with E-state index in [9.17, 15) is 9.59 Å². The Balaban J connectivity index is 2.01. The van der Waals surface area contributed by atoms with E-state index in [1.807, 2.05) is 0 Å². The highest BCUT2D eigenvalue weighted by atomic mass is 16.5. The van der Waals surface area contributed by atoms with Crippen LogP contribution in [0.2, 0.25) is 0 Å². The largest absolute Gasteiger partial charge is 0.480 e. The Kier molecular flexibility index (Phi) is 4.66. The molecule has 0 atom stereocenters. The first kappa shape index (κ1) is 15.4. The maximum absolute atomic E-state index is 12.1. The van der Waals surface area contributed by atoms with E-state index in [1.54, 1.807) is 19.1 Å². The minimum absolute atomic E-state index is 0.121. The first-order valence-corrected chi connectivity index (χ1v) is 6.40. The molecule has 0 aliphatic heterocycles. The SMILES string of the molecule is COc1nc(C)ccc1C(=O)NCc1cn(CC(=O)O)nn1. The summed E-state index contributed by atoms with van der Waals surface area (Å²) in [6, 6.07) is 3.33. The number of rotatable bonds is 6. The van der Waals surface area contributed by atoms with E-state index in [-0.39, 0.29) is 24.9 Å². The zero-order chi connectivity index (χ0) is 16.1. The number of aromatic nitrogens is 4. The minimum atomic E-state index is -1.02. The summed E-state index contributed by atoms with van der Waals surface area (Å²) in [4.78, 5) is 26.8. The number of carbonyl (C=O) groups excluding carboxylic acids is 1. The molecule has 2 heterocycles. The summed E-state index contributed by atoms with van der Waals surface area (Å²) < 4.78 is 6.26. The molecule has 0 spiro atoms. The highest BCUT2D eigenvalue weighted by Crippen LogP contribution is 2.15. The fraction of sp³-hybridized carbons (Fsp3) is 0.308. The Labute approximate surface area is 125 Å². The molecule has 0 saturated heterocycles. The third-order valence-electron chi connectivity index (χ3n) is 2.75. The number of aliphatic carboxylic acids is 1. The van der Waals surface area contributed by atoms with Gasteiger partial charge in [-0.1, -0.05) is 5.21 Å². The molecule has 9 heteroatoms. The van der Waals surface area contributed by atoms with E-state index in [0.29, 0.717) is 11.3 Å². The van der Waals surface area contributed by atoms with E-state index in [1.165, 1.54) is 18.0 Å². The standard InChI is InChI=1S/C13H15N5O4/c1-8-3-4-10(13(15-8)22-2)12(21)14-5-9-6-18(17-16-9)7-11(19)20/h3-4,6H,5,7H2,1-2H3,(H,14,21)(H,19,20). The molecule has 2 rings (SSSR count). The van der Waals surface area contributed by atoms with Crippen molar-refractivity contribution in [3.8, 4) is 5.88 Å². The summed E-state index contributed by atoms with van der Waals surface area (Å²) in [5.74, 6) is -1.14. The lowest BCUT2D eigenvalue weighted by atomic mass is 10.2. The Morgan fingerprint density at radius 2 is 2.18 bits per heavy atom. The van der Waals surface area contributed by atoms with Gasteiger partial charge in [0.2, 0.25) is 5.88 Å². The molecule has 2 N–H and O–H groups in total. The summed E-state index contributed by atoms with van der Waals surface area (Å²) in [6.07, 6.45) is 1.46. The second kappa shape index (κ2) is 6.66. The third kappa shape index (κ3) is 3.78. The molecule has 2 aromatic rings. The van der Waals surface area contributed by atoms with Gasteiger partial charge in [0.25, 0.3) is 5.91 Å². The van der Waals surface area contributed by atoms with E-state index in [0.717, 1.165) is 5.69 Å². The number of hydrogen-bond donors (Lipinski definition) is 2. The Bertz CT molecular complexity index is 697. The number of pyridine rings is 1. The lowest BCUT2D eigenvalue weighted by molar-refractivity contribution is -0.137. The Morgan fingerprint density at radius 1 is 1.41 bits per heavy atom. The maximum atomic E-state index is 12.1. The van der Waals surface area contributed by atoms with Crippen LogP contribution in [0.1, 0.15) is 21.7 Å². The van der Waals surface area contributed by atoms with Crippen molar-refractivity contribution in [1.29, 1.82) is 0 Å². The van der Waals surface area contributed by atoms with Crippen LogP contribution in [0.15, 0.2) is 18.3 Å². The first-order valence-electron chi connectivity index (χ1n) is 6.40. The maximum Gasteiger partial charge on any atom is 0.325 e. The molecule has 22 heavy (non-hydrogen) atoms. The number of aryl methyl sites for hydroxylation is 1. The minimum Gasteiger partial charge on any atom is -0.480 e. The summed E-state index contributed by atoms with van der Waals surface area (Å²) in [5, 5.41) is 18.7. The van der Waals surface area contributed by atoms with Crippen LogP contribution in [0.25, 0.3) is 0 Å². The fourth-order valence-corrected chi connectivity index (χ4v) is 1.76. The van der Waals surface area contributed by atoms with Crippen LogP contribution in [-0.2, 0) is 17.9 Å². The van der Waals surface area contributed by atoms with Crippen LogP contribution in [0.5, 0.6) is 5.88 Å². The fourth-order valence-electron chi connectivity index (χ4n) is 1.76. The monoisotopic (exact) mass is 305 g/mol. The molecule has 2 aromatic heterocycles. The molecule has 1 amide bonds. The molecule has 9 nitrogen and oxygen atoms in total. The lowest BCUT2D eigenvalue weighted by Gasteiger charge is -2.08. The second-order valence-corrected chi connectivity index (χ2v) is 4.49. The second-order valence-electron chi connectivity index (χ2n) is 4.49. The van der Waals surface area contributed by atoms with Crippen molar-refractivity contribution in [2.45, 2.75) is 20.0 Å². The highest BCUT2D eigenvalue weighted by Gasteiger charge is 2.14. The molecule has 0 fully saturated rings. The normalized spacial score (nSPS) is 10.3. The van der Waals surface area contributed by atoms with Gasteiger partial charge in [-0.25, -0.2) is 9.67 Å². The number of amides is 1. The average Bonchev–Trinajstić information content (AvgIpc) is 2.91. The van der Waals surface area contributed by atoms with Crippen molar-refractivity contribution >= 4 is 11.9 Å². The summed E-state index contributed by atoms with van der Waals surface area (Å²) in [7, 11) is 1.44. The number of ether oxygens (including phenoxy) is 1. The van der Waals surface area contributed by atoms with Crippen molar-refractivity contribution in [1.82, 2.24) is 25.3 Å². The Morgan fingerprint density at radius 3 is 2.86 bits per heavy atom. The van der Waals surface area contributed by atoms with Crippen LogP contribution < -0.4 is 10.1 Å². The van der Waals surface area contributed by atoms with E-state index in [4.69, 9.17) is 9.84 Å². The van der Waals surface area contributed by atoms with Crippen LogP contribution >= 0.6 is 0 Å². The molecule has 0 unspecified atom stereocenters. The molecular formula is C13H15N5O4. The lowest BCUT2D eigenvalue weighted by Crippen LogP contribution is -2.24. The molecule has 0 bridgehead atoms. The van der Waals surface area contributed by atoms with Gasteiger partial charge in [0, 0.05) is 5.69 Å². The van der Waals surface area contributed by atoms with Gasteiger partial charge in [0.1, 0.15) is 17.8 Å². The number of nitrogens with zero attached hydrogens (tertiary/aromatic N) is 4. The van der Waals surface area contributed by atoms with E-state index in [2.05, 4.69) is 20.6 Å².